The van der Waals surface area contributed by atoms with Gasteiger partial charge in [0.25, 0.3) is 0 Å². The molecule has 1 aliphatic rings. The second-order valence-electron chi connectivity index (χ2n) is 5.30. The minimum atomic E-state index is -0.805. The van der Waals surface area contributed by atoms with Crippen molar-refractivity contribution in [3.63, 3.8) is 0 Å². The summed E-state index contributed by atoms with van der Waals surface area (Å²) in [6.07, 6.45) is 2.24. The zero-order chi connectivity index (χ0) is 13.1. The molecule has 0 aromatic carbocycles. The van der Waals surface area contributed by atoms with Gasteiger partial charge in [-0.3, -0.25) is 4.79 Å². The number of carbonyl (C=O) groups excluding carboxylic acids is 1. The molecule has 0 spiro atoms. The van der Waals surface area contributed by atoms with Crippen LogP contribution in [0, 0.1) is 11.3 Å². The number of rotatable bonds is 5. The molecule has 1 unspecified atom stereocenters. The Balaban J connectivity index is 2.35. The van der Waals surface area contributed by atoms with Crippen LogP contribution in [0.4, 0.5) is 4.79 Å². The van der Waals surface area contributed by atoms with Crippen LogP contribution in [-0.2, 0) is 4.79 Å². The van der Waals surface area contributed by atoms with Crippen molar-refractivity contribution in [3.8, 4) is 0 Å². The standard InChI is InChI=1S/C12H22N2O3/c1-8(2)9(3)14-11(17)13-7-12(10(15)16)5-4-6-12/h8-9H,4-7H2,1-3H3,(H,15,16)(H2,13,14,17). The predicted octanol–water partition coefficient (Wildman–Crippen LogP) is 1.58. The smallest absolute Gasteiger partial charge is 0.315 e. The first-order valence-electron chi connectivity index (χ1n) is 6.15. The summed E-state index contributed by atoms with van der Waals surface area (Å²) in [5.41, 5.74) is -0.724. The lowest BCUT2D eigenvalue weighted by molar-refractivity contribution is -0.153. The van der Waals surface area contributed by atoms with E-state index in [4.69, 9.17) is 5.11 Å². The second kappa shape index (κ2) is 5.38. The van der Waals surface area contributed by atoms with Crippen LogP contribution < -0.4 is 10.6 Å². The maximum atomic E-state index is 11.6. The van der Waals surface area contributed by atoms with Crippen molar-refractivity contribution in [3.05, 3.63) is 0 Å². The van der Waals surface area contributed by atoms with Crippen LogP contribution in [0.3, 0.4) is 0 Å². The van der Waals surface area contributed by atoms with Crippen molar-refractivity contribution in [1.82, 2.24) is 10.6 Å². The van der Waals surface area contributed by atoms with E-state index >= 15 is 0 Å². The Hall–Kier alpha value is -1.26. The monoisotopic (exact) mass is 242 g/mol. The minimum absolute atomic E-state index is 0.0807. The number of carbonyl (C=O) groups is 2. The molecule has 1 atom stereocenters. The van der Waals surface area contributed by atoms with E-state index in [1.165, 1.54) is 0 Å². The van der Waals surface area contributed by atoms with Gasteiger partial charge in [0.1, 0.15) is 0 Å². The maximum Gasteiger partial charge on any atom is 0.315 e. The van der Waals surface area contributed by atoms with E-state index in [-0.39, 0.29) is 18.6 Å². The molecule has 0 saturated heterocycles. The van der Waals surface area contributed by atoms with Gasteiger partial charge in [0, 0.05) is 12.6 Å². The molecule has 17 heavy (non-hydrogen) atoms. The van der Waals surface area contributed by atoms with Gasteiger partial charge in [0.15, 0.2) is 0 Å². The molecule has 0 heterocycles. The Bertz CT molecular complexity index is 298. The first-order chi connectivity index (χ1) is 7.87. The van der Waals surface area contributed by atoms with E-state index in [1.807, 2.05) is 20.8 Å². The molecule has 1 rings (SSSR count). The number of amides is 2. The molecule has 5 nitrogen and oxygen atoms in total. The van der Waals surface area contributed by atoms with Gasteiger partial charge in [-0.25, -0.2) is 4.79 Å². The SMILES string of the molecule is CC(C)C(C)NC(=O)NCC1(C(=O)O)CCC1. The Morgan fingerprint density at radius 2 is 1.88 bits per heavy atom. The molecular weight excluding hydrogens is 220 g/mol. The molecule has 1 fully saturated rings. The van der Waals surface area contributed by atoms with Gasteiger partial charge in [-0.05, 0) is 25.7 Å². The first kappa shape index (κ1) is 13.8. The molecule has 2 amide bonds. The summed E-state index contributed by atoms with van der Waals surface area (Å²) < 4.78 is 0. The Kier molecular flexibility index (Phi) is 4.37. The van der Waals surface area contributed by atoms with Crippen LogP contribution in [-0.4, -0.2) is 29.7 Å². The molecule has 0 aromatic heterocycles. The third-order valence-corrected chi connectivity index (χ3v) is 3.71. The molecule has 0 bridgehead atoms. The number of urea groups is 1. The van der Waals surface area contributed by atoms with Crippen LogP contribution in [0.1, 0.15) is 40.0 Å². The second-order valence-corrected chi connectivity index (χ2v) is 5.30. The normalized spacial score (nSPS) is 19.3. The molecule has 0 aliphatic heterocycles. The third kappa shape index (κ3) is 3.35. The first-order valence-corrected chi connectivity index (χ1v) is 6.15. The molecule has 0 aromatic rings. The van der Waals surface area contributed by atoms with Gasteiger partial charge in [0.2, 0.25) is 0 Å². The number of hydrogen-bond donors (Lipinski definition) is 3. The molecule has 3 N–H and O–H groups in total. The number of carboxylic acids is 1. The van der Waals surface area contributed by atoms with Crippen LogP contribution >= 0.6 is 0 Å². The number of hydrogen-bond acceptors (Lipinski definition) is 2. The van der Waals surface area contributed by atoms with E-state index in [1.54, 1.807) is 0 Å². The summed E-state index contributed by atoms with van der Waals surface area (Å²) in [7, 11) is 0. The zero-order valence-corrected chi connectivity index (χ0v) is 10.7. The van der Waals surface area contributed by atoms with Gasteiger partial charge in [-0.2, -0.15) is 0 Å². The van der Waals surface area contributed by atoms with Gasteiger partial charge >= 0.3 is 12.0 Å². The summed E-state index contributed by atoms with van der Waals surface area (Å²) in [5, 5.41) is 14.6. The third-order valence-electron chi connectivity index (χ3n) is 3.71. The average molecular weight is 242 g/mol. The van der Waals surface area contributed by atoms with E-state index < -0.39 is 11.4 Å². The van der Waals surface area contributed by atoms with Crippen molar-refractivity contribution >= 4 is 12.0 Å². The lowest BCUT2D eigenvalue weighted by Crippen LogP contribution is -2.51. The number of nitrogens with one attached hydrogen (secondary N) is 2. The number of carboxylic acid groups (broad SMARTS) is 1. The molecule has 1 aliphatic carbocycles. The Morgan fingerprint density at radius 1 is 1.29 bits per heavy atom. The van der Waals surface area contributed by atoms with Crippen molar-refractivity contribution < 1.29 is 14.7 Å². The lowest BCUT2D eigenvalue weighted by atomic mass is 9.69. The van der Waals surface area contributed by atoms with E-state index in [9.17, 15) is 9.59 Å². The van der Waals surface area contributed by atoms with Crippen LogP contribution in [0.15, 0.2) is 0 Å². The lowest BCUT2D eigenvalue weighted by Gasteiger charge is -2.37. The van der Waals surface area contributed by atoms with Crippen LogP contribution in [0.2, 0.25) is 0 Å². The summed E-state index contributed by atoms with van der Waals surface area (Å²) in [6, 6.07) is -0.198. The quantitative estimate of drug-likeness (QED) is 0.685. The molecular formula is C12H22N2O3. The Labute approximate surface area is 102 Å². The maximum absolute atomic E-state index is 11.6. The summed E-state index contributed by atoms with van der Waals surface area (Å²) in [5.74, 6) is -0.446. The van der Waals surface area contributed by atoms with Crippen molar-refractivity contribution in [1.29, 1.82) is 0 Å². The minimum Gasteiger partial charge on any atom is -0.481 e. The fraction of sp³-hybridized carbons (Fsp3) is 0.833. The van der Waals surface area contributed by atoms with Crippen molar-refractivity contribution in [2.45, 2.75) is 46.1 Å². The molecule has 0 radical (unpaired) electrons. The van der Waals surface area contributed by atoms with E-state index in [2.05, 4.69) is 10.6 Å². The van der Waals surface area contributed by atoms with Gasteiger partial charge in [-0.1, -0.05) is 20.3 Å². The van der Waals surface area contributed by atoms with Crippen LogP contribution in [0.25, 0.3) is 0 Å². The van der Waals surface area contributed by atoms with Crippen molar-refractivity contribution in [2.24, 2.45) is 11.3 Å². The zero-order valence-electron chi connectivity index (χ0n) is 10.7. The topological polar surface area (TPSA) is 78.4 Å². The number of aliphatic carboxylic acids is 1. The van der Waals surface area contributed by atoms with E-state index in [0.29, 0.717) is 18.8 Å². The van der Waals surface area contributed by atoms with E-state index in [0.717, 1.165) is 6.42 Å². The summed E-state index contributed by atoms with van der Waals surface area (Å²) in [4.78, 5) is 22.6. The predicted molar refractivity (Wildman–Crippen MR) is 64.8 cm³/mol. The highest BCUT2D eigenvalue weighted by Gasteiger charge is 2.44. The molecule has 98 valence electrons. The fourth-order valence-electron chi connectivity index (χ4n) is 1.74. The average Bonchev–Trinajstić information content (AvgIpc) is 2.14. The van der Waals surface area contributed by atoms with Gasteiger partial charge in [-0.15, -0.1) is 0 Å². The highest BCUT2D eigenvalue weighted by Crippen LogP contribution is 2.40. The van der Waals surface area contributed by atoms with Crippen molar-refractivity contribution in [2.75, 3.05) is 6.54 Å². The highest BCUT2D eigenvalue weighted by atomic mass is 16.4. The van der Waals surface area contributed by atoms with Crippen LogP contribution in [0.5, 0.6) is 0 Å². The molecule has 1 saturated carbocycles. The van der Waals surface area contributed by atoms with Gasteiger partial charge < -0.3 is 15.7 Å². The summed E-state index contributed by atoms with van der Waals surface area (Å²) in [6.45, 7) is 6.20. The Morgan fingerprint density at radius 3 is 2.24 bits per heavy atom. The fourth-order valence-corrected chi connectivity index (χ4v) is 1.74. The molecule has 5 heteroatoms. The van der Waals surface area contributed by atoms with Gasteiger partial charge in [0.05, 0.1) is 5.41 Å². The summed E-state index contributed by atoms with van der Waals surface area (Å²) >= 11 is 0. The highest BCUT2D eigenvalue weighted by molar-refractivity contribution is 5.78. The largest absolute Gasteiger partial charge is 0.481 e.